The van der Waals surface area contributed by atoms with E-state index in [9.17, 15) is 27.6 Å². The molecule has 0 saturated heterocycles. The van der Waals surface area contributed by atoms with Gasteiger partial charge in [-0.3, -0.25) is 14.7 Å². The molecule has 10 nitrogen and oxygen atoms in total. The van der Waals surface area contributed by atoms with Gasteiger partial charge in [0.15, 0.2) is 15.0 Å². The number of thiazole rings is 1. The first-order valence-corrected chi connectivity index (χ1v) is 15.2. The molecule has 0 atom stereocenters. The molecule has 13 heteroatoms. The number of nitrogens with one attached hydrogen (secondary N) is 1. The fraction of sp³-hybridized carbons (Fsp3) is 0.167. The Morgan fingerprint density at radius 1 is 1.00 bits per heavy atom. The third kappa shape index (κ3) is 6.73. The fourth-order valence-electron chi connectivity index (χ4n) is 3.31. The number of amides is 1. The summed E-state index contributed by atoms with van der Waals surface area (Å²) in [5, 5.41) is 2.81. The molecule has 0 fully saturated rings. The van der Waals surface area contributed by atoms with Crippen molar-refractivity contribution >= 4 is 55.3 Å². The van der Waals surface area contributed by atoms with Gasteiger partial charge in [-0.2, -0.15) is 0 Å². The van der Waals surface area contributed by atoms with Crippen molar-refractivity contribution in [2.24, 2.45) is 0 Å². The van der Waals surface area contributed by atoms with Crippen molar-refractivity contribution in [3.05, 3.63) is 66.2 Å². The van der Waals surface area contributed by atoms with E-state index in [4.69, 9.17) is 9.47 Å². The normalized spacial score (nSPS) is 12.1. The number of hydrogen-bond acceptors (Lipinski definition) is 8. The van der Waals surface area contributed by atoms with Crippen LogP contribution in [0.5, 0.6) is 17.2 Å². The second-order valence-electron chi connectivity index (χ2n) is 8.37. The lowest BCUT2D eigenvalue weighted by Crippen LogP contribution is -2.13. The summed E-state index contributed by atoms with van der Waals surface area (Å²) >= 11 is 1.08. The van der Waals surface area contributed by atoms with Crippen LogP contribution in [-0.2, 0) is 14.4 Å². The Morgan fingerprint density at radius 2 is 1.68 bits per heavy atom. The SMILES string of the molecule is CC(C)Oc1cc(Oc2ccc(S(C)(=O)=O)cc2)cc(C(=O)Nc2nc3ccc(P(=O)(O)O)cc3s2)c1. The van der Waals surface area contributed by atoms with Gasteiger partial charge in [0.25, 0.3) is 5.91 Å². The van der Waals surface area contributed by atoms with Crippen LogP contribution in [0.1, 0.15) is 24.2 Å². The topological polar surface area (TPSA) is 152 Å². The zero-order valence-corrected chi connectivity index (χ0v) is 22.4. The summed E-state index contributed by atoms with van der Waals surface area (Å²) in [7, 11) is -7.77. The molecule has 0 aliphatic carbocycles. The van der Waals surface area contributed by atoms with E-state index < -0.39 is 23.3 Å². The Labute approximate surface area is 217 Å². The minimum absolute atomic E-state index is 0.133. The second-order valence-corrected chi connectivity index (χ2v) is 13.0. The van der Waals surface area contributed by atoms with Crippen LogP contribution in [0.2, 0.25) is 0 Å². The highest BCUT2D eigenvalue weighted by molar-refractivity contribution is 7.90. The van der Waals surface area contributed by atoms with Crippen LogP contribution in [-0.4, -0.2) is 41.5 Å². The number of sulfone groups is 1. The van der Waals surface area contributed by atoms with E-state index in [1.165, 1.54) is 48.5 Å². The highest BCUT2D eigenvalue weighted by atomic mass is 32.2. The largest absolute Gasteiger partial charge is 0.491 e. The first-order chi connectivity index (χ1) is 17.3. The zero-order valence-electron chi connectivity index (χ0n) is 19.9. The van der Waals surface area contributed by atoms with Crippen molar-refractivity contribution in [2.45, 2.75) is 24.8 Å². The van der Waals surface area contributed by atoms with Gasteiger partial charge < -0.3 is 19.3 Å². The van der Waals surface area contributed by atoms with Crippen LogP contribution < -0.4 is 20.1 Å². The molecular formula is C24H23N2O8PS2. The van der Waals surface area contributed by atoms with Gasteiger partial charge in [0.05, 0.1) is 26.5 Å². The summed E-state index contributed by atoms with van der Waals surface area (Å²) in [6, 6.07) is 14.7. The standard InChI is InChI=1S/C24H23N2O8PS2/c1-14(2)33-17-10-15(11-18(12-17)34-16-4-7-20(8-5-16)37(3,31)32)23(27)26-24-25-21-9-6-19(35(28,29)30)13-22(21)36-24/h4-14H,1-3H3,(H,25,26,27)(H2,28,29,30). The van der Waals surface area contributed by atoms with Crippen molar-refractivity contribution < 1.29 is 37.0 Å². The van der Waals surface area contributed by atoms with Crippen LogP contribution >= 0.6 is 18.9 Å². The molecule has 0 saturated carbocycles. The molecule has 3 N–H and O–H groups in total. The quantitative estimate of drug-likeness (QED) is 0.266. The van der Waals surface area contributed by atoms with E-state index in [1.807, 2.05) is 13.8 Å². The third-order valence-electron chi connectivity index (χ3n) is 4.93. The molecule has 194 valence electrons. The lowest BCUT2D eigenvalue weighted by Gasteiger charge is -2.14. The van der Waals surface area contributed by atoms with E-state index >= 15 is 0 Å². The Hall–Kier alpha value is -3.28. The number of nitrogens with zero attached hydrogens (tertiary/aromatic N) is 1. The molecule has 1 aromatic heterocycles. The monoisotopic (exact) mass is 562 g/mol. The van der Waals surface area contributed by atoms with E-state index in [-0.39, 0.29) is 27.0 Å². The first kappa shape index (κ1) is 26.8. The van der Waals surface area contributed by atoms with Crippen molar-refractivity contribution in [1.29, 1.82) is 0 Å². The maximum Gasteiger partial charge on any atom is 0.356 e. The number of rotatable bonds is 8. The van der Waals surface area contributed by atoms with E-state index in [0.29, 0.717) is 27.5 Å². The Balaban J connectivity index is 1.60. The Kier molecular flexibility index (Phi) is 7.40. The number of carbonyl (C=O) groups excluding carboxylic acids is 1. The summed E-state index contributed by atoms with van der Waals surface area (Å²) < 4.78 is 47.1. The molecule has 0 radical (unpaired) electrons. The Morgan fingerprint density at radius 3 is 2.30 bits per heavy atom. The molecule has 0 spiro atoms. The van der Waals surface area contributed by atoms with Gasteiger partial charge in [-0.25, -0.2) is 13.4 Å². The molecular weight excluding hydrogens is 539 g/mol. The van der Waals surface area contributed by atoms with Crippen LogP contribution in [0.15, 0.2) is 65.6 Å². The number of ether oxygens (including phenoxy) is 2. The molecule has 0 bridgehead atoms. The van der Waals surface area contributed by atoms with Gasteiger partial charge in [0.2, 0.25) is 0 Å². The molecule has 0 aliphatic heterocycles. The van der Waals surface area contributed by atoms with Gasteiger partial charge in [-0.15, -0.1) is 0 Å². The number of anilines is 1. The van der Waals surface area contributed by atoms with Crippen LogP contribution in [0.3, 0.4) is 0 Å². The number of hydrogen-bond donors (Lipinski definition) is 3. The van der Waals surface area contributed by atoms with Gasteiger partial charge in [-0.1, -0.05) is 11.3 Å². The lowest BCUT2D eigenvalue weighted by atomic mass is 10.2. The maximum absolute atomic E-state index is 13.1. The molecule has 1 amide bonds. The molecule has 0 aliphatic rings. The molecule has 4 aromatic rings. The minimum atomic E-state index is -4.42. The fourth-order valence-corrected chi connectivity index (χ4v) is 5.49. The van der Waals surface area contributed by atoms with E-state index in [0.717, 1.165) is 17.6 Å². The van der Waals surface area contributed by atoms with Crippen LogP contribution in [0.4, 0.5) is 5.13 Å². The third-order valence-corrected chi connectivity index (χ3v) is 7.94. The van der Waals surface area contributed by atoms with Crippen molar-refractivity contribution in [1.82, 2.24) is 4.98 Å². The summed E-state index contributed by atoms with van der Waals surface area (Å²) in [6.45, 7) is 3.67. The van der Waals surface area contributed by atoms with Crippen molar-refractivity contribution in [3.63, 3.8) is 0 Å². The Bertz CT molecular complexity index is 1630. The maximum atomic E-state index is 13.1. The number of fused-ring (bicyclic) bond motifs is 1. The van der Waals surface area contributed by atoms with Crippen LogP contribution in [0, 0.1) is 0 Å². The van der Waals surface area contributed by atoms with E-state index in [2.05, 4.69) is 10.3 Å². The van der Waals surface area contributed by atoms with Gasteiger partial charge in [0, 0.05) is 17.9 Å². The smallest absolute Gasteiger partial charge is 0.356 e. The first-order valence-electron chi connectivity index (χ1n) is 10.9. The zero-order chi connectivity index (χ0) is 27.0. The number of aromatic nitrogens is 1. The van der Waals surface area contributed by atoms with E-state index in [1.54, 1.807) is 12.1 Å². The highest BCUT2D eigenvalue weighted by Crippen LogP contribution is 2.36. The average molecular weight is 563 g/mol. The van der Waals surface area contributed by atoms with Crippen molar-refractivity contribution in [3.8, 4) is 17.2 Å². The molecule has 37 heavy (non-hydrogen) atoms. The van der Waals surface area contributed by atoms with Crippen LogP contribution in [0.25, 0.3) is 10.2 Å². The van der Waals surface area contributed by atoms with Crippen molar-refractivity contribution in [2.75, 3.05) is 11.6 Å². The van der Waals surface area contributed by atoms with Gasteiger partial charge >= 0.3 is 7.60 Å². The molecule has 3 aromatic carbocycles. The molecule has 4 rings (SSSR count). The minimum Gasteiger partial charge on any atom is -0.491 e. The summed E-state index contributed by atoms with van der Waals surface area (Å²) in [4.78, 5) is 36.3. The highest BCUT2D eigenvalue weighted by Gasteiger charge is 2.19. The van der Waals surface area contributed by atoms with Gasteiger partial charge in [-0.05, 0) is 68.4 Å². The average Bonchev–Trinajstić information content (AvgIpc) is 3.19. The van der Waals surface area contributed by atoms with Gasteiger partial charge in [0.1, 0.15) is 17.2 Å². The summed E-state index contributed by atoms with van der Waals surface area (Å²) in [5.74, 6) is 0.556. The number of benzene rings is 3. The lowest BCUT2D eigenvalue weighted by molar-refractivity contribution is 0.102. The molecule has 1 heterocycles. The molecule has 0 unspecified atom stereocenters. The summed E-state index contributed by atoms with van der Waals surface area (Å²) in [6.07, 6.45) is 0.940. The summed E-state index contributed by atoms with van der Waals surface area (Å²) in [5.41, 5.74) is 0.701. The number of carbonyl (C=O) groups is 1. The second kappa shape index (κ2) is 10.2. The predicted octanol–water partition coefficient (Wildman–Crippen LogP) is 4.33. The predicted molar refractivity (Wildman–Crippen MR) is 141 cm³/mol.